The minimum atomic E-state index is 0.0741. The van der Waals surface area contributed by atoms with E-state index in [9.17, 15) is 5.26 Å². The van der Waals surface area contributed by atoms with Gasteiger partial charge in [0.2, 0.25) is 0 Å². The molecule has 0 amide bonds. The summed E-state index contributed by atoms with van der Waals surface area (Å²) >= 11 is 0. The second kappa shape index (κ2) is 1.56. The molecule has 0 bridgehead atoms. The summed E-state index contributed by atoms with van der Waals surface area (Å²) in [5.41, 5.74) is 0. The normalized spacial score (nSPS) is 25.5. The predicted molar refractivity (Wildman–Crippen MR) is 19.6 cm³/mol. The molecule has 0 N–H and O–H groups in total. The van der Waals surface area contributed by atoms with E-state index in [1.54, 1.807) is 5.82 Å². The molecular weight excluding hydrogens is 103 g/mol. The van der Waals surface area contributed by atoms with Crippen molar-refractivity contribution >= 4 is 8.81 Å². The van der Waals surface area contributed by atoms with Crippen LogP contribution in [0.2, 0.25) is 0 Å². The summed E-state index contributed by atoms with van der Waals surface area (Å²) in [7, 11) is 0.0741. The van der Waals surface area contributed by atoms with Crippen LogP contribution in [0.25, 0.3) is 0 Å². The number of hydrogen-bond donors (Lipinski definition) is 0. The zero-order chi connectivity index (χ0) is 4.41. The van der Waals surface area contributed by atoms with Gasteiger partial charge in [0.15, 0.2) is 6.26 Å². The highest BCUT2D eigenvalue weighted by atomic mass is 31.1. The number of rotatable bonds is 0. The van der Waals surface area contributed by atoms with Crippen molar-refractivity contribution in [1.29, 1.82) is 0 Å². The minimum Gasteiger partial charge on any atom is -0.473 e. The lowest BCUT2D eigenvalue weighted by molar-refractivity contribution is -0.834. The molecule has 6 heavy (non-hydrogen) atoms. The van der Waals surface area contributed by atoms with Crippen LogP contribution in [-0.4, -0.2) is 0 Å². The molecule has 34 valence electrons. The van der Waals surface area contributed by atoms with Gasteiger partial charge in [-0.15, -0.1) is 0 Å². The van der Waals surface area contributed by atoms with E-state index in [4.69, 9.17) is 0 Å². The lowest BCUT2D eigenvalue weighted by Gasteiger charge is -2.03. The first kappa shape index (κ1) is 4.06. The van der Waals surface area contributed by atoms with Crippen LogP contribution in [0, 0.1) is 0 Å². The molecule has 0 saturated carbocycles. The maximum Gasteiger partial charge on any atom is 0.279 e. The molecule has 1 aliphatic rings. The van der Waals surface area contributed by atoms with Crippen LogP contribution in [0.4, 0.5) is 0 Å². The summed E-state index contributed by atoms with van der Waals surface area (Å²) in [6.07, 6.45) is 1.34. The lowest BCUT2D eigenvalue weighted by atomic mass is 11.2. The Kier molecular flexibility index (Phi) is 1.05. The van der Waals surface area contributed by atoms with Gasteiger partial charge in [-0.05, 0) is 0 Å². The molecule has 0 fully saturated rings. The number of hydrogen-bond acceptors (Lipinski definition) is 2. The van der Waals surface area contributed by atoms with E-state index in [1.807, 2.05) is 0 Å². The summed E-state index contributed by atoms with van der Waals surface area (Å²) in [6.45, 7) is 0. The van der Waals surface area contributed by atoms with Gasteiger partial charge in [-0.3, -0.25) is 0 Å². The molecule has 0 aromatic heterocycles. The molecule has 4 heteroatoms. The van der Waals surface area contributed by atoms with E-state index in [0.717, 1.165) is 0 Å². The van der Waals surface area contributed by atoms with E-state index in [2.05, 4.69) is 4.89 Å². The summed E-state index contributed by atoms with van der Waals surface area (Å²) < 4.78 is 1.19. The predicted octanol–water partition coefficient (Wildman–Crippen LogP) is -0.176. The highest BCUT2D eigenvalue weighted by Gasteiger charge is 2.02. The molecular formula is C2H3O3P. The molecule has 1 rings (SSSR count). The van der Waals surface area contributed by atoms with Gasteiger partial charge in [0, 0.05) is 0 Å². The van der Waals surface area contributed by atoms with Crippen molar-refractivity contribution in [2.24, 2.45) is 0 Å². The molecule has 3 nitrogen and oxygen atoms in total. The van der Waals surface area contributed by atoms with Gasteiger partial charge in [0.1, 0.15) is 0 Å². The third kappa shape index (κ3) is 0.684. The van der Waals surface area contributed by atoms with Crippen molar-refractivity contribution in [3.05, 3.63) is 12.1 Å². The summed E-state index contributed by atoms with van der Waals surface area (Å²) in [6, 6.07) is 0. The molecule has 0 aromatic carbocycles. The topological polar surface area (TPSA) is 35.0 Å². The van der Waals surface area contributed by atoms with Crippen molar-refractivity contribution in [3.8, 4) is 0 Å². The van der Waals surface area contributed by atoms with Gasteiger partial charge in [-0.1, -0.05) is 0 Å². The van der Waals surface area contributed by atoms with Crippen molar-refractivity contribution in [2.75, 3.05) is 0 Å². The zero-order valence-electron chi connectivity index (χ0n) is 2.88. The molecule has 0 aromatic rings. The fourth-order valence-electron chi connectivity index (χ4n) is 0.189. The van der Waals surface area contributed by atoms with Gasteiger partial charge < -0.3 is 5.26 Å². The van der Waals surface area contributed by atoms with Crippen LogP contribution in [0.15, 0.2) is 12.1 Å². The molecule has 0 spiro atoms. The van der Waals surface area contributed by atoms with Crippen LogP contribution in [0.1, 0.15) is 0 Å². The highest BCUT2D eigenvalue weighted by molar-refractivity contribution is 7.36. The standard InChI is InChI=1S/C2H3O3P/c3-5-4-1-2-6-5/h1-2,6H. The summed E-state index contributed by atoms with van der Waals surface area (Å²) in [5.74, 6) is 1.64. The Balaban J connectivity index is 2.32. The minimum absolute atomic E-state index is 0.0741. The quantitative estimate of drug-likeness (QED) is 0.244. The average Bonchev–Trinajstić information content (AvgIpc) is 1.86. The van der Waals surface area contributed by atoms with Gasteiger partial charge >= 0.3 is 0 Å². The highest BCUT2D eigenvalue weighted by Crippen LogP contribution is 2.25. The SMILES string of the molecule is [O-][O+]1OC=CP1. The third-order valence-electron chi connectivity index (χ3n) is 0.375. The van der Waals surface area contributed by atoms with E-state index >= 15 is 0 Å². The van der Waals surface area contributed by atoms with Crippen LogP contribution in [0.3, 0.4) is 0 Å². The van der Waals surface area contributed by atoms with Gasteiger partial charge in [-0.2, -0.15) is 4.46 Å². The maximum atomic E-state index is 9.80. The second-order valence-corrected chi connectivity index (χ2v) is 1.65. The first-order valence-electron chi connectivity index (χ1n) is 1.40. The van der Waals surface area contributed by atoms with E-state index in [1.165, 1.54) is 10.7 Å². The van der Waals surface area contributed by atoms with Crippen LogP contribution in [0.5, 0.6) is 0 Å². The van der Waals surface area contributed by atoms with Crippen LogP contribution >= 0.6 is 8.81 Å². The van der Waals surface area contributed by atoms with Gasteiger partial charge in [0.05, 0.1) is 5.82 Å². The Labute approximate surface area is 36.6 Å². The van der Waals surface area contributed by atoms with Gasteiger partial charge in [-0.25, -0.2) is 4.89 Å². The van der Waals surface area contributed by atoms with Crippen molar-refractivity contribution < 1.29 is 14.6 Å². The average molecular weight is 106 g/mol. The van der Waals surface area contributed by atoms with Crippen molar-refractivity contribution in [2.45, 2.75) is 0 Å². The molecule has 1 unspecified atom stereocenters. The second-order valence-electron chi connectivity index (χ2n) is 0.752. The lowest BCUT2D eigenvalue weighted by Crippen LogP contribution is -2.12. The molecule has 0 aliphatic carbocycles. The Morgan fingerprint density at radius 3 is 2.83 bits per heavy atom. The third-order valence-corrected chi connectivity index (χ3v) is 0.936. The van der Waals surface area contributed by atoms with E-state index in [0.29, 0.717) is 0 Å². The largest absolute Gasteiger partial charge is 0.473 e. The summed E-state index contributed by atoms with van der Waals surface area (Å²) in [5, 5.41) is 9.80. The molecule has 0 radical (unpaired) electrons. The fourth-order valence-corrected chi connectivity index (χ4v) is 0.523. The first-order valence-corrected chi connectivity index (χ1v) is 2.38. The Morgan fingerprint density at radius 1 is 1.83 bits per heavy atom. The van der Waals surface area contributed by atoms with E-state index in [-0.39, 0.29) is 8.81 Å². The Morgan fingerprint density at radius 2 is 2.67 bits per heavy atom. The van der Waals surface area contributed by atoms with E-state index < -0.39 is 0 Å². The maximum absolute atomic E-state index is 9.80. The monoisotopic (exact) mass is 106 g/mol. The van der Waals surface area contributed by atoms with Gasteiger partial charge in [0.25, 0.3) is 8.81 Å². The van der Waals surface area contributed by atoms with Crippen LogP contribution in [-0.2, 0) is 9.34 Å². The smallest absolute Gasteiger partial charge is 0.279 e. The molecule has 1 atom stereocenters. The molecule has 1 aliphatic heterocycles. The van der Waals surface area contributed by atoms with Crippen LogP contribution < -0.4 is 5.26 Å². The molecule has 0 saturated heterocycles. The molecule has 1 heterocycles. The Bertz CT molecular complexity index is 63.2. The zero-order valence-corrected chi connectivity index (χ0v) is 3.88. The van der Waals surface area contributed by atoms with Crippen molar-refractivity contribution in [1.82, 2.24) is 0 Å². The van der Waals surface area contributed by atoms with Crippen molar-refractivity contribution in [3.63, 3.8) is 0 Å². The summed E-state index contributed by atoms with van der Waals surface area (Å²) in [4.78, 5) is 4.18. The Hall–Kier alpha value is -0.110. The fraction of sp³-hybridized carbons (Fsp3) is 0. The first-order chi connectivity index (χ1) is 2.89.